The van der Waals surface area contributed by atoms with Crippen molar-refractivity contribution in [1.29, 1.82) is 0 Å². The molecule has 0 aliphatic rings. The number of halogens is 1. The van der Waals surface area contributed by atoms with E-state index in [4.69, 9.17) is 11.6 Å². The molecule has 0 N–H and O–H groups in total. The average molecular weight is 176 g/mol. The molecule has 2 heteroatoms. The molecule has 0 aliphatic carbocycles. The number of allylic oxidation sites excluding steroid dienone is 1. The van der Waals surface area contributed by atoms with E-state index >= 15 is 0 Å². The van der Waals surface area contributed by atoms with Crippen LogP contribution in [0.2, 0.25) is 0 Å². The molecule has 0 aromatic rings. The van der Waals surface area contributed by atoms with Gasteiger partial charge in [0, 0.05) is 12.4 Å². The molecule has 0 radical (unpaired) electrons. The Bertz CT molecular complexity index is 102. The van der Waals surface area contributed by atoms with E-state index in [1.54, 1.807) is 0 Å². The van der Waals surface area contributed by atoms with Crippen LogP contribution in [0.15, 0.2) is 12.2 Å². The number of hydrogen-bond donors (Lipinski definition) is 0. The van der Waals surface area contributed by atoms with Crippen LogP contribution in [-0.2, 0) is 0 Å². The molecule has 0 aromatic carbocycles. The Balaban J connectivity index is 3.21. The molecule has 1 nitrogen and oxygen atoms in total. The second kappa shape index (κ2) is 8.09. The Labute approximate surface area is 75.0 Å². The van der Waals surface area contributed by atoms with E-state index in [-0.39, 0.29) is 0 Å². The largest absolute Gasteiger partial charge is 0.303 e. The smallest absolute Gasteiger partial charge is 0.0404 e. The lowest BCUT2D eigenvalue weighted by molar-refractivity contribution is 0.362. The van der Waals surface area contributed by atoms with Gasteiger partial charge in [-0.15, -0.1) is 11.6 Å². The molecule has 0 atom stereocenters. The van der Waals surface area contributed by atoms with Gasteiger partial charge in [-0.2, -0.15) is 0 Å². The normalized spacial score (nSPS) is 11.6. The molecule has 0 fully saturated rings. The monoisotopic (exact) mass is 175 g/mol. The van der Waals surface area contributed by atoms with E-state index in [2.05, 4.69) is 24.9 Å². The molecule has 0 saturated carbocycles. The number of hydrogen-bond acceptors (Lipinski definition) is 1. The molecule has 0 amide bonds. The summed E-state index contributed by atoms with van der Waals surface area (Å²) in [5.74, 6) is 0.627. The topological polar surface area (TPSA) is 3.24 Å². The third-order valence-corrected chi connectivity index (χ3v) is 1.74. The van der Waals surface area contributed by atoms with E-state index in [0.29, 0.717) is 5.88 Å². The molecule has 0 saturated heterocycles. The summed E-state index contributed by atoms with van der Waals surface area (Å²) in [4.78, 5) is 2.30. The van der Waals surface area contributed by atoms with Crippen molar-refractivity contribution < 1.29 is 0 Å². The minimum atomic E-state index is 0.627. The van der Waals surface area contributed by atoms with Crippen LogP contribution in [0.5, 0.6) is 0 Å². The van der Waals surface area contributed by atoms with Crippen LogP contribution in [0.1, 0.15) is 19.8 Å². The minimum absolute atomic E-state index is 0.627. The molecule has 0 aromatic heterocycles. The fraction of sp³-hybridized carbons (Fsp3) is 0.778. The van der Waals surface area contributed by atoms with Gasteiger partial charge in [0.25, 0.3) is 0 Å². The minimum Gasteiger partial charge on any atom is -0.303 e. The van der Waals surface area contributed by atoms with Crippen LogP contribution < -0.4 is 0 Å². The molecule has 66 valence electrons. The molecular weight excluding hydrogens is 158 g/mol. The lowest BCUT2D eigenvalue weighted by atomic mass is 10.3. The third kappa shape index (κ3) is 7.89. The summed E-state index contributed by atoms with van der Waals surface area (Å²) in [7, 11) is 2.13. The quantitative estimate of drug-likeness (QED) is 0.443. The van der Waals surface area contributed by atoms with Crippen molar-refractivity contribution in [2.45, 2.75) is 19.8 Å². The third-order valence-electron chi connectivity index (χ3n) is 1.57. The first kappa shape index (κ1) is 11.0. The van der Waals surface area contributed by atoms with Gasteiger partial charge >= 0.3 is 0 Å². The zero-order valence-corrected chi connectivity index (χ0v) is 8.27. The molecule has 0 rings (SSSR count). The maximum atomic E-state index is 5.48. The van der Waals surface area contributed by atoms with E-state index < -0.39 is 0 Å². The summed E-state index contributed by atoms with van der Waals surface area (Å²) in [6.45, 7) is 4.41. The van der Waals surface area contributed by atoms with Gasteiger partial charge in [0.15, 0.2) is 0 Å². The van der Waals surface area contributed by atoms with Gasteiger partial charge in [0.2, 0.25) is 0 Å². The summed E-state index contributed by atoms with van der Waals surface area (Å²) in [6, 6.07) is 0. The highest BCUT2D eigenvalue weighted by molar-refractivity contribution is 6.18. The van der Waals surface area contributed by atoms with Gasteiger partial charge in [-0.3, -0.25) is 0 Å². The summed E-state index contributed by atoms with van der Waals surface area (Å²) in [6.07, 6.45) is 6.65. The highest BCUT2D eigenvalue weighted by atomic mass is 35.5. The lowest BCUT2D eigenvalue weighted by Gasteiger charge is -2.12. The Morgan fingerprint density at radius 1 is 1.36 bits per heavy atom. The van der Waals surface area contributed by atoms with Crippen LogP contribution in [0.3, 0.4) is 0 Å². The lowest BCUT2D eigenvalue weighted by Crippen LogP contribution is -2.19. The van der Waals surface area contributed by atoms with Crippen molar-refractivity contribution >= 4 is 11.6 Å². The second-order valence-electron chi connectivity index (χ2n) is 2.74. The van der Waals surface area contributed by atoms with Crippen molar-refractivity contribution in [3.8, 4) is 0 Å². The fourth-order valence-corrected chi connectivity index (χ4v) is 0.963. The second-order valence-corrected chi connectivity index (χ2v) is 3.05. The zero-order valence-electron chi connectivity index (χ0n) is 7.52. The fourth-order valence-electron chi connectivity index (χ4n) is 0.837. The van der Waals surface area contributed by atoms with Crippen molar-refractivity contribution in [3.05, 3.63) is 12.2 Å². The van der Waals surface area contributed by atoms with Gasteiger partial charge in [-0.05, 0) is 20.0 Å². The first-order chi connectivity index (χ1) is 5.31. The first-order valence-electron chi connectivity index (χ1n) is 4.20. The predicted octanol–water partition coefficient (Wildman–Crippen LogP) is 2.51. The maximum Gasteiger partial charge on any atom is 0.0404 e. The van der Waals surface area contributed by atoms with Crippen molar-refractivity contribution in [1.82, 2.24) is 4.90 Å². The van der Waals surface area contributed by atoms with E-state index in [1.165, 1.54) is 19.4 Å². The number of alkyl halides is 1. The molecule has 0 bridgehead atoms. The molecule has 0 heterocycles. The van der Waals surface area contributed by atoms with Crippen LogP contribution in [0, 0.1) is 0 Å². The molecule has 0 spiro atoms. The summed E-state index contributed by atoms with van der Waals surface area (Å²) >= 11 is 5.48. The highest BCUT2D eigenvalue weighted by Gasteiger charge is 1.91. The van der Waals surface area contributed by atoms with E-state index in [9.17, 15) is 0 Å². The van der Waals surface area contributed by atoms with Gasteiger partial charge in [-0.25, -0.2) is 0 Å². The number of unbranched alkanes of at least 4 members (excludes halogenated alkanes) is 1. The van der Waals surface area contributed by atoms with Crippen molar-refractivity contribution in [2.24, 2.45) is 0 Å². The summed E-state index contributed by atoms with van der Waals surface area (Å²) < 4.78 is 0. The van der Waals surface area contributed by atoms with Crippen LogP contribution in [-0.4, -0.2) is 30.9 Å². The van der Waals surface area contributed by atoms with Crippen molar-refractivity contribution in [2.75, 3.05) is 26.0 Å². The van der Waals surface area contributed by atoms with Gasteiger partial charge < -0.3 is 4.90 Å². The number of rotatable bonds is 6. The van der Waals surface area contributed by atoms with Gasteiger partial charge in [0.1, 0.15) is 0 Å². The molecule has 11 heavy (non-hydrogen) atoms. The highest BCUT2D eigenvalue weighted by Crippen LogP contribution is 1.91. The SMILES string of the molecule is CCCCN(C)CC=CCCl. The zero-order chi connectivity index (χ0) is 8.53. The van der Waals surface area contributed by atoms with E-state index in [0.717, 1.165) is 6.54 Å². The number of likely N-dealkylation sites (N-methyl/N-ethyl adjacent to an activating group) is 1. The Morgan fingerprint density at radius 2 is 2.09 bits per heavy atom. The van der Waals surface area contributed by atoms with Gasteiger partial charge in [0.05, 0.1) is 0 Å². The Morgan fingerprint density at radius 3 is 2.64 bits per heavy atom. The number of nitrogens with zero attached hydrogens (tertiary/aromatic N) is 1. The molecule has 0 aliphatic heterocycles. The van der Waals surface area contributed by atoms with E-state index in [1.807, 2.05) is 6.08 Å². The van der Waals surface area contributed by atoms with Gasteiger partial charge in [-0.1, -0.05) is 25.5 Å². The Hall–Kier alpha value is -0.0100. The Kier molecular flexibility index (Phi) is 8.08. The van der Waals surface area contributed by atoms with Crippen molar-refractivity contribution in [3.63, 3.8) is 0 Å². The average Bonchev–Trinajstić information content (AvgIpc) is 2.01. The van der Waals surface area contributed by atoms with Crippen LogP contribution in [0.4, 0.5) is 0 Å². The first-order valence-corrected chi connectivity index (χ1v) is 4.74. The van der Waals surface area contributed by atoms with Crippen LogP contribution in [0.25, 0.3) is 0 Å². The van der Waals surface area contributed by atoms with Crippen LogP contribution >= 0.6 is 11.6 Å². The predicted molar refractivity (Wildman–Crippen MR) is 52.3 cm³/mol. The summed E-state index contributed by atoms with van der Waals surface area (Å²) in [5.41, 5.74) is 0. The summed E-state index contributed by atoms with van der Waals surface area (Å²) in [5, 5.41) is 0. The maximum absolute atomic E-state index is 5.48. The molecule has 0 unspecified atom stereocenters. The standard InChI is InChI=1S/C9H18ClN/c1-3-4-8-11(2)9-6-5-7-10/h5-6H,3-4,7-9H2,1-2H3. The molecular formula is C9H18ClN.